The molecule has 6 nitrogen and oxygen atoms in total. The summed E-state index contributed by atoms with van der Waals surface area (Å²) in [5, 5.41) is 0. The van der Waals surface area contributed by atoms with Crippen LogP contribution >= 0.6 is 0 Å². The van der Waals surface area contributed by atoms with Crippen molar-refractivity contribution in [3.8, 4) is 0 Å². The first-order valence-electron chi connectivity index (χ1n) is 5.57. The van der Waals surface area contributed by atoms with E-state index in [1.165, 1.54) is 19.3 Å². The largest absolute Gasteiger partial charge is 0.399 e. The van der Waals surface area contributed by atoms with E-state index in [4.69, 9.17) is 5.73 Å². The SMILES string of the molecule is CC(NS(=O)(=O)c1cc(N)cc(F)c1F)c1ncc[nH]1. The average Bonchev–Trinajstić information content (AvgIpc) is 2.86. The van der Waals surface area contributed by atoms with Crippen LogP contribution in [0.25, 0.3) is 0 Å². The number of rotatable bonds is 4. The summed E-state index contributed by atoms with van der Waals surface area (Å²) in [5.74, 6) is -2.45. The molecule has 1 atom stereocenters. The standard InChI is InChI=1S/C11H12F2N4O2S/c1-6(11-15-2-3-16-11)17-20(18,19)9-5-7(14)4-8(12)10(9)13/h2-6,17H,14H2,1H3,(H,15,16). The number of sulfonamides is 1. The van der Waals surface area contributed by atoms with Gasteiger partial charge in [-0.25, -0.2) is 26.9 Å². The normalized spacial score (nSPS) is 13.3. The highest BCUT2D eigenvalue weighted by Gasteiger charge is 2.25. The molecule has 0 saturated heterocycles. The molecule has 0 amide bonds. The van der Waals surface area contributed by atoms with E-state index in [0.29, 0.717) is 11.9 Å². The van der Waals surface area contributed by atoms with Gasteiger partial charge in [0.1, 0.15) is 10.7 Å². The van der Waals surface area contributed by atoms with Gasteiger partial charge in [0.15, 0.2) is 11.6 Å². The van der Waals surface area contributed by atoms with Gasteiger partial charge in [0.25, 0.3) is 0 Å². The average molecular weight is 302 g/mol. The minimum absolute atomic E-state index is 0.185. The first-order valence-corrected chi connectivity index (χ1v) is 7.05. The van der Waals surface area contributed by atoms with Gasteiger partial charge in [0.2, 0.25) is 10.0 Å². The number of benzene rings is 1. The highest BCUT2D eigenvalue weighted by atomic mass is 32.2. The number of nitrogens with two attached hydrogens (primary N) is 1. The number of H-pyrrole nitrogens is 1. The molecule has 0 aliphatic carbocycles. The Bertz CT molecular complexity index is 716. The van der Waals surface area contributed by atoms with E-state index in [2.05, 4.69) is 14.7 Å². The molecular weight excluding hydrogens is 290 g/mol. The number of aromatic amines is 1. The minimum atomic E-state index is -4.27. The van der Waals surface area contributed by atoms with E-state index in [1.807, 2.05) is 0 Å². The third-order valence-corrected chi connectivity index (χ3v) is 4.11. The van der Waals surface area contributed by atoms with E-state index in [1.54, 1.807) is 0 Å². The molecule has 0 spiro atoms. The summed E-state index contributed by atoms with van der Waals surface area (Å²) in [6.45, 7) is 1.51. The van der Waals surface area contributed by atoms with Crippen LogP contribution in [0.4, 0.5) is 14.5 Å². The number of hydrogen-bond donors (Lipinski definition) is 3. The number of anilines is 1. The van der Waals surface area contributed by atoms with Gasteiger partial charge in [-0.3, -0.25) is 0 Å². The lowest BCUT2D eigenvalue weighted by molar-refractivity contribution is 0.482. The highest BCUT2D eigenvalue weighted by molar-refractivity contribution is 7.89. The first kappa shape index (κ1) is 14.4. The van der Waals surface area contributed by atoms with Gasteiger partial charge in [-0.2, -0.15) is 0 Å². The van der Waals surface area contributed by atoms with Crippen LogP contribution < -0.4 is 10.5 Å². The van der Waals surface area contributed by atoms with Crippen LogP contribution in [0, 0.1) is 11.6 Å². The lowest BCUT2D eigenvalue weighted by atomic mass is 10.3. The Labute approximate surface area is 114 Å². The zero-order chi connectivity index (χ0) is 14.9. The van der Waals surface area contributed by atoms with Crippen molar-refractivity contribution in [3.63, 3.8) is 0 Å². The second-order valence-electron chi connectivity index (χ2n) is 4.13. The lowest BCUT2D eigenvalue weighted by Gasteiger charge is -2.13. The third-order valence-electron chi connectivity index (χ3n) is 2.57. The summed E-state index contributed by atoms with van der Waals surface area (Å²) in [6, 6.07) is 0.832. The van der Waals surface area contributed by atoms with Crippen molar-refractivity contribution >= 4 is 15.7 Å². The van der Waals surface area contributed by atoms with Crippen LogP contribution in [-0.4, -0.2) is 18.4 Å². The molecule has 2 aromatic rings. The van der Waals surface area contributed by atoms with Crippen molar-refractivity contribution in [3.05, 3.63) is 42.0 Å². The number of aromatic nitrogens is 2. The minimum Gasteiger partial charge on any atom is -0.399 e. The van der Waals surface area contributed by atoms with Crippen molar-refractivity contribution < 1.29 is 17.2 Å². The van der Waals surface area contributed by atoms with Crippen molar-refractivity contribution in [2.75, 3.05) is 5.73 Å². The molecule has 4 N–H and O–H groups in total. The monoisotopic (exact) mass is 302 g/mol. The van der Waals surface area contributed by atoms with E-state index >= 15 is 0 Å². The van der Waals surface area contributed by atoms with Crippen molar-refractivity contribution in [1.82, 2.24) is 14.7 Å². The van der Waals surface area contributed by atoms with E-state index < -0.39 is 32.6 Å². The Kier molecular flexibility index (Phi) is 3.73. The summed E-state index contributed by atoms with van der Waals surface area (Å²) in [4.78, 5) is 5.75. The molecule has 0 saturated carbocycles. The maximum absolute atomic E-state index is 13.6. The number of nitrogens with zero attached hydrogens (tertiary/aromatic N) is 1. The number of halogens is 2. The molecule has 20 heavy (non-hydrogen) atoms. The van der Waals surface area contributed by atoms with E-state index in [-0.39, 0.29) is 5.69 Å². The Balaban J connectivity index is 2.36. The zero-order valence-corrected chi connectivity index (χ0v) is 11.2. The number of nitrogen functional groups attached to an aromatic ring is 1. The van der Waals surface area contributed by atoms with Crippen LogP contribution in [0.15, 0.2) is 29.4 Å². The second kappa shape index (κ2) is 5.17. The topological polar surface area (TPSA) is 101 Å². The van der Waals surface area contributed by atoms with Crippen LogP contribution in [0.3, 0.4) is 0 Å². The van der Waals surface area contributed by atoms with Gasteiger partial charge in [0.05, 0.1) is 6.04 Å². The zero-order valence-electron chi connectivity index (χ0n) is 10.4. The lowest BCUT2D eigenvalue weighted by Crippen LogP contribution is -2.28. The van der Waals surface area contributed by atoms with Gasteiger partial charge in [-0.05, 0) is 19.1 Å². The van der Waals surface area contributed by atoms with Gasteiger partial charge in [0, 0.05) is 18.1 Å². The number of nitrogens with one attached hydrogen (secondary N) is 2. The van der Waals surface area contributed by atoms with E-state index in [0.717, 1.165) is 6.07 Å². The van der Waals surface area contributed by atoms with Gasteiger partial charge >= 0.3 is 0 Å². The maximum atomic E-state index is 13.6. The molecule has 2 rings (SSSR count). The van der Waals surface area contributed by atoms with Gasteiger partial charge in [-0.1, -0.05) is 0 Å². The summed E-state index contributed by atoms with van der Waals surface area (Å²) >= 11 is 0. The molecule has 108 valence electrons. The fourth-order valence-corrected chi connectivity index (χ4v) is 2.97. The molecule has 0 radical (unpaired) electrons. The summed E-state index contributed by atoms with van der Waals surface area (Å²) in [7, 11) is -4.27. The molecule has 1 heterocycles. The maximum Gasteiger partial charge on any atom is 0.244 e. The quantitative estimate of drug-likeness (QED) is 0.741. The molecule has 1 aromatic heterocycles. The Morgan fingerprint density at radius 3 is 2.70 bits per heavy atom. The third kappa shape index (κ3) is 2.78. The Morgan fingerprint density at radius 2 is 2.10 bits per heavy atom. The Morgan fingerprint density at radius 1 is 1.40 bits per heavy atom. The first-order chi connectivity index (χ1) is 9.31. The van der Waals surface area contributed by atoms with Crippen molar-refractivity contribution in [2.45, 2.75) is 17.9 Å². The van der Waals surface area contributed by atoms with E-state index in [9.17, 15) is 17.2 Å². The number of hydrogen-bond acceptors (Lipinski definition) is 4. The smallest absolute Gasteiger partial charge is 0.244 e. The van der Waals surface area contributed by atoms with Crippen molar-refractivity contribution in [2.24, 2.45) is 0 Å². The molecular formula is C11H12F2N4O2S. The predicted molar refractivity (Wildman–Crippen MR) is 68.1 cm³/mol. The fourth-order valence-electron chi connectivity index (χ4n) is 1.65. The highest BCUT2D eigenvalue weighted by Crippen LogP contribution is 2.22. The molecule has 0 aliphatic rings. The van der Waals surface area contributed by atoms with Crippen LogP contribution in [-0.2, 0) is 10.0 Å². The van der Waals surface area contributed by atoms with Crippen LogP contribution in [0.5, 0.6) is 0 Å². The molecule has 0 bridgehead atoms. The predicted octanol–water partition coefficient (Wildman–Crippen LogP) is 1.31. The molecule has 0 aliphatic heterocycles. The summed E-state index contributed by atoms with van der Waals surface area (Å²) in [5.41, 5.74) is 5.15. The molecule has 1 unspecified atom stereocenters. The molecule has 1 aromatic carbocycles. The van der Waals surface area contributed by atoms with Crippen LogP contribution in [0.2, 0.25) is 0 Å². The summed E-state index contributed by atoms with van der Waals surface area (Å²) < 4.78 is 53.1. The fraction of sp³-hybridized carbons (Fsp3) is 0.182. The Hall–Kier alpha value is -2.00. The second-order valence-corrected chi connectivity index (χ2v) is 5.81. The van der Waals surface area contributed by atoms with Gasteiger partial charge in [-0.15, -0.1) is 0 Å². The molecule has 9 heteroatoms. The van der Waals surface area contributed by atoms with Gasteiger partial charge < -0.3 is 10.7 Å². The molecule has 0 fully saturated rings. The summed E-state index contributed by atoms with van der Waals surface area (Å²) in [6.07, 6.45) is 2.96. The van der Waals surface area contributed by atoms with Crippen molar-refractivity contribution in [1.29, 1.82) is 0 Å². The number of imidazole rings is 1. The van der Waals surface area contributed by atoms with Crippen LogP contribution in [0.1, 0.15) is 18.8 Å².